The number of rotatable bonds is 6. The minimum Gasteiger partial charge on any atom is -0.339 e. The predicted molar refractivity (Wildman–Crippen MR) is 136 cm³/mol. The summed E-state index contributed by atoms with van der Waals surface area (Å²) >= 11 is 0. The minimum absolute atomic E-state index is 0.0155. The van der Waals surface area contributed by atoms with Crippen LogP contribution in [0.2, 0.25) is 0 Å². The molecule has 1 saturated heterocycles. The van der Waals surface area contributed by atoms with Gasteiger partial charge in [-0.15, -0.1) is 0 Å². The van der Waals surface area contributed by atoms with Gasteiger partial charge >= 0.3 is 0 Å². The fourth-order valence-corrected chi connectivity index (χ4v) is 5.10. The predicted octanol–water partition coefficient (Wildman–Crippen LogP) is 2.54. The van der Waals surface area contributed by atoms with Gasteiger partial charge in [0.1, 0.15) is 0 Å². The number of carbonyl (C=O) groups is 3. The van der Waals surface area contributed by atoms with E-state index in [9.17, 15) is 14.4 Å². The zero-order valence-electron chi connectivity index (χ0n) is 20.2. The molecule has 0 atom stereocenters. The number of tetrazole rings is 1. The number of imide groups is 1. The van der Waals surface area contributed by atoms with E-state index in [-0.39, 0.29) is 30.7 Å². The van der Waals surface area contributed by atoms with Crippen molar-refractivity contribution in [1.82, 2.24) is 30.0 Å². The number of hydrogen-bond donors (Lipinski definition) is 0. The molecule has 10 nitrogen and oxygen atoms in total. The second-order valence-electron chi connectivity index (χ2n) is 9.17. The first-order valence-electron chi connectivity index (χ1n) is 12.4. The standard InChI is InChI=1S/C27H25N7O3/c35-23(31-15-17-32(18-16-31)27-28-29-30-34(27)20-9-2-1-3-10-20)13-6-14-33-25(36)21-11-4-7-19-8-5-12-22(24(19)21)26(33)37/h1-5,7-12H,6,13-18H2. The fourth-order valence-electron chi connectivity index (χ4n) is 5.10. The number of para-hydroxylation sites is 1. The first-order valence-corrected chi connectivity index (χ1v) is 12.4. The van der Waals surface area contributed by atoms with E-state index in [2.05, 4.69) is 20.4 Å². The Balaban J connectivity index is 1.05. The van der Waals surface area contributed by atoms with E-state index in [1.807, 2.05) is 59.5 Å². The quantitative estimate of drug-likeness (QED) is 0.379. The molecular weight excluding hydrogens is 470 g/mol. The monoisotopic (exact) mass is 495 g/mol. The molecule has 6 rings (SSSR count). The molecule has 3 aromatic carbocycles. The Hall–Kier alpha value is -4.60. The number of carbonyl (C=O) groups excluding carboxylic acids is 3. The van der Waals surface area contributed by atoms with E-state index in [1.165, 1.54) is 4.90 Å². The molecule has 0 saturated carbocycles. The number of hydrogen-bond acceptors (Lipinski definition) is 7. The van der Waals surface area contributed by atoms with Gasteiger partial charge in [-0.3, -0.25) is 19.3 Å². The third-order valence-electron chi connectivity index (χ3n) is 7.00. The van der Waals surface area contributed by atoms with Crippen LogP contribution in [0.1, 0.15) is 33.6 Å². The summed E-state index contributed by atoms with van der Waals surface area (Å²) in [6.07, 6.45) is 0.686. The van der Waals surface area contributed by atoms with Crippen LogP contribution in [0.25, 0.3) is 16.5 Å². The summed E-state index contributed by atoms with van der Waals surface area (Å²) in [4.78, 5) is 44.2. The second-order valence-corrected chi connectivity index (χ2v) is 9.17. The highest BCUT2D eigenvalue weighted by molar-refractivity contribution is 6.25. The maximum Gasteiger partial charge on any atom is 0.261 e. The number of aromatic nitrogens is 4. The molecule has 1 aromatic heterocycles. The lowest BCUT2D eigenvalue weighted by Crippen LogP contribution is -2.49. The third kappa shape index (κ3) is 4.10. The Kier molecular flexibility index (Phi) is 5.84. The third-order valence-corrected chi connectivity index (χ3v) is 7.00. The number of amides is 3. The van der Waals surface area contributed by atoms with Gasteiger partial charge in [-0.1, -0.05) is 47.6 Å². The molecule has 0 radical (unpaired) electrons. The van der Waals surface area contributed by atoms with Crippen molar-refractivity contribution in [3.8, 4) is 5.69 Å². The van der Waals surface area contributed by atoms with Crippen molar-refractivity contribution in [2.24, 2.45) is 0 Å². The number of anilines is 1. The Morgan fingerprint density at radius 2 is 1.49 bits per heavy atom. The smallest absolute Gasteiger partial charge is 0.261 e. The summed E-state index contributed by atoms with van der Waals surface area (Å²) in [5.74, 6) is 0.0652. The van der Waals surface area contributed by atoms with Crippen molar-refractivity contribution >= 4 is 34.4 Å². The average molecular weight is 496 g/mol. The normalized spacial score (nSPS) is 15.5. The van der Waals surface area contributed by atoms with Crippen molar-refractivity contribution in [1.29, 1.82) is 0 Å². The van der Waals surface area contributed by atoms with Crippen LogP contribution in [-0.2, 0) is 4.79 Å². The zero-order valence-corrected chi connectivity index (χ0v) is 20.2. The highest BCUT2D eigenvalue weighted by atomic mass is 16.2. The first kappa shape index (κ1) is 22.8. The van der Waals surface area contributed by atoms with Crippen LogP contribution in [0.3, 0.4) is 0 Å². The summed E-state index contributed by atoms with van der Waals surface area (Å²) in [5.41, 5.74) is 1.95. The van der Waals surface area contributed by atoms with E-state index in [0.717, 1.165) is 11.1 Å². The molecule has 2 aliphatic heterocycles. The maximum atomic E-state index is 13.1. The van der Waals surface area contributed by atoms with Crippen LogP contribution in [-0.4, -0.2) is 80.5 Å². The lowest BCUT2D eigenvalue weighted by molar-refractivity contribution is -0.131. The molecule has 0 spiro atoms. The van der Waals surface area contributed by atoms with Crippen LogP contribution < -0.4 is 4.90 Å². The second kappa shape index (κ2) is 9.45. The van der Waals surface area contributed by atoms with Crippen molar-refractivity contribution in [2.45, 2.75) is 12.8 Å². The summed E-state index contributed by atoms with van der Waals surface area (Å²) in [6.45, 7) is 2.54. The molecule has 0 unspecified atom stereocenters. The lowest BCUT2D eigenvalue weighted by atomic mass is 9.94. The molecule has 0 N–H and O–H groups in total. The molecule has 186 valence electrons. The Morgan fingerprint density at radius 3 is 2.16 bits per heavy atom. The SMILES string of the molecule is O=C(CCCN1C(=O)c2cccc3cccc(c23)C1=O)N1CCN(c2nnnn2-c2ccccc2)CC1. The van der Waals surface area contributed by atoms with E-state index < -0.39 is 0 Å². The van der Waals surface area contributed by atoms with Crippen LogP contribution in [0.15, 0.2) is 66.7 Å². The highest BCUT2D eigenvalue weighted by Gasteiger charge is 2.32. The van der Waals surface area contributed by atoms with Crippen molar-refractivity contribution < 1.29 is 14.4 Å². The number of piperazine rings is 1. The summed E-state index contributed by atoms with van der Waals surface area (Å²) < 4.78 is 1.70. The number of nitrogens with zero attached hydrogens (tertiary/aromatic N) is 7. The fraction of sp³-hybridized carbons (Fsp3) is 0.259. The summed E-state index contributed by atoms with van der Waals surface area (Å²) in [7, 11) is 0. The summed E-state index contributed by atoms with van der Waals surface area (Å²) in [5, 5.41) is 13.7. The maximum absolute atomic E-state index is 13.1. The molecule has 3 amide bonds. The Bertz CT molecular complexity index is 1440. The van der Waals surface area contributed by atoms with Crippen molar-refractivity contribution in [2.75, 3.05) is 37.6 Å². The van der Waals surface area contributed by atoms with E-state index >= 15 is 0 Å². The Morgan fingerprint density at radius 1 is 0.811 bits per heavy atom. The van der Waals surface area contributed by atoms with Gasteiger partial charge < -0.3 is 9.80 Å². The molecule has 2 aliphatic rings. The zero-order chi connectivity index (χ0) is 25.4. The van der Waals surface area contributed by atoms with E-state index in [4.69, 9.17) is 0 Å². The molecule has 3 heterocycles. The van der Waals surface area contributed by atoms with Gasteiger partial charge in [0.05, 0.1) is 5.69 Å². The molecule has 10 heteroatoms. The van der Waals surface area contributed by atoms with Crippen LogP contribution in [0, 0.1) is 0 Å². The van der Waals surface area contributed by atoms with Gasteiger partial charge in [0.15, 0.2) is 0 Å². The van der Waals surface area contributed by atoms with Gasteiger partial charge in [0.2, 0.25) is 11.9 Å². The molecule has 1 fully saturated rings. The van der Waals surface area contributed by atoms with Crippen LogP contribution in [0.4, 0.5) is 5.95 Å². The van der Waals surface area contributed by atoms with Gasteiger partial charge in [-0.25, -0.2) is 0 Å². The first-order chi connectivity index (χ1) is 18.1. The molecule has 0 aliphatic carbocycles. The van der Waals surface area contributed by atoms with Gasteiger partial charge in [-0.2, -0.15) is 4.68 Å². The molecule has 4 aromatic rings. The van der Waals surface area contributed by atoms with E-state index in [0.29, 0.717) is 55.1 Å². The Labute approximate surface area is 213 Å². The van der Waals surface area contributed by atoms with Gasteiger partial charge in [-0.05, 0) is 46.5 Å². The molecule has 0 bridgehead atoms. The minimum atomic E-state index is -0.300. The lowest BCUT2D eigenvalue weighted by Gasteiger charge is -2.35. The topological polar surface area (TPSA) is 105 Å². The number of benzene rings is 3. The highest BCUT2D eigenvalue weighted by Crippen LogP contribution is 2.30. The largest absolute Gasteiger partial charge is 0.339 e. The van der Waals surface area contributed by atoms with Gasteiger partial charge in [0.25, 0.3) is 11.8 Å². The summed E-state index contributed by atoms with van der Waals surface area (Å²) in [6, 6.07) is 20.7. The van der Waals surface area contributed by atoms with Crippen molar-refractivity contribution in [3.05, 3.63) is 77.9 Å². The van der Waals surface area contributed by atoms with Gasteiger partial charge in [0, 0.05) is 55.7 Å². The average Bonchev–Trinajstić information content (AvgIpc) is 3.44. The van der Waals surface area contributed by atoms with Crippen molar-refractivity contribution in [3.63, 3.8) is 0 Å². The molecule has 37 heavy (non-hydrogen) atoms. The van der Waals surface area contributed by atoms with Crippen LogP contribution >= 0.6 is 0 Å². The van der Waals surface area contributed by atoms with E-state index in [1.54, 1.807) is 16.8 Å². The van der Waals surface area contributed by atoms with Crippen LogP contribution in [0.5, 0.6) is 0 Å². The molecular formula is C27H25N7O3.